The van der Waals surface area contributed by atoms with Crippen molar-refractivity contribution in [3.8, 4) is 0 Å². The summed E-state index contributed by atoms with van der Waals surface area (Å²) in [5.74, 6) is 0.0613. The predicted molar refractivity (Wildman–Crippen MR) is 68.1 cm³/mol. The van der Waals surface area contributed by atoms with Gasteiger partial charge in [0.25, 0.3) is 5.56 Å². The fourth-order valence-corrected chi connectivity index (χ4v) is 1.66. The molecule has 0 saturated heterocycles. The van der Waals surface area contributed by atoms with Gasteiger partial charge in [0.05, 0.1) is 16.8 Å². The molecule has 88 valence electrons. The molecule has 0 fully saturated rings. The Morgan fingerprint density at radius 1 is 1.35 bits per heavy atom. The number of aliphatic hydroxyl groups excluding tert-OH is 1. The van der Waals surface area contributed by atoms with E-state index in [9.17, 15) is 4.79 Å². The number of H-pyrrole nitrogens is 1. The molecule has 17 heavy (non-hydrogen) atoms. The summed E-state index contributed by atoms with van der Waals surface area (Å²) in [5, 5.41) is 9.17. The third-order valence-corrected chi connectivity index (χ3v) is 2.68. The Labute approximate surface area is 98.6 Å². The van der Waals surface area contributed by atoms with Gasteiger partial charge in [0.15, 0.2) is 0 Å². The van der Waals surface area contributed by atoms with Crippen molar-refractivity contribution in [1.29, 1.82) is 0 Å². The average Bonchev–Trinajstić information content (AvgIpc) is 2.22. The number of nitrogens with one attached hydrogen (secondary N) is 1. The van der Waals surface area contributed by atoms with Crippen LogP contribution in [0.3, 0.4) is 0 Å². The number of hydrogen-bond acceptors (Lipinski definition) is 3. The van der Waals surface area contributed by atoms with Gasteiger partial charge in [-0.2, -0.15) is 0 Å². The van der Waals surface area contributed by atoms with E-state index < -0.39 is 0 Å². The molecule has 0 radical (unpaired) electrons. The van der Waals surface area contributed by atoms with Crippen LogP contribution in [0.2, 0.25) is 0 Å². The first-order valence-corrected chi connectivity index (χ1v) is 5.36. The van der Waals surface area contributed by atoms with Crippen LogP contribution in [0.5, 0.6) is 0 Å². The fourth-order valence-electron chi connectivity index (χ4n) is 1.66. The van der Waals surface area contributed by atoms with E-state index in [1.807, 2.05) is 26.0 Å². The maximum atomic E-state index is 11.7. The lowest BCUT2D eigenvalue weighted by Gasteiger charge is -2.04. The maximum Gasteiger partial charge on any atom is 0.274 e. The Bertz CT molecular complexity index is 665. The highest BCUT2D eigenvalue weighted by molar-refractivity contribution is 5.77. The van der Waals surface area contributed by atoms with Crippen molar-refractivity contribution in [2.24, 2.45) is 0 Å². The number of fused-ring (bicyclic) bond motifs is 1. The van der Waals surface area contributed by atoms with Crippen molar-refractivity contribution in [1.82, 2.24) is 9.97 Å². The van der Waals surface area contributed by atoms with Gasteiger partial charge in [0, 0.05) is 6.08 Å². The Morgan fingerprint density at radius 2 is 2.00 bits per heavy atom. The second-order valence-corrected chi connectivity index (χ2v) is 4.19. The van der Waals surface area contributed by atoms with Gasteiger partial charge >= 0.3 is 0 Å². The number of hydrogen-bond donors (Lipinski definition) is 2. The molecule has 0 saturated carbocycles. The highest BCUT2D eigenvalue weighted by Gasteiger charge is 2.04. The number of benzene rings is 1. The second kappa shape index (κ2) is 4.05. The molecule has 0 aliphatic rings. The second-order valence-electron chi connectivity index (χ2n) is 4.19. The first kappa shape index (κ1) is 11.4. The van der Waals surface area contributed by atoms with Gasteiger partial charge in [-0.05, 0) is 44.0 Å². The fraction of sp³-hybridized carbons (Fsp3) is 0.231. The van der Waals surface area contributed by atoms with Crippen molar-refractivity contribution in [2.75, 3.05) is 0 Å². The molecular formula is C13H14N2O2. The van der Waals surface area contributed by atoms with Gasteiger partial charge in [0.2, 0.25) is 0 Å². The molecule has 0 amide bonds. The van der Waals surface area contributed by atoms with Crippen LogP contribution in [-0.2, 0) is 0 Å². The third-order valence-electron chi connectivity index (χ3n) is 2.68. The van der Waals surface area contributed by atoms with Gasteiger partial charge in [-0.15, -0.1) is 0 Å². The summed E-state index contributed by atoms with van der Waals surface area (Å²) in [6.07, 6.45) is 1.35. The molecule has 4 nitrogen and oxygen atoms in total. The molecule has 1 aromatic carbocycles. The minimum absolute atomic E-state index is 0.0613. The van der Waals surface area contributed by atoms with Gasteiger partial charge in [-0.3, -0.25) is 4.79 Å². The van der Waals surface area contributed by atoms with Gasteiger partial charge in [-0.25, -0.2) is 4.98 Å². The Kier molecular flexibility index (Phi) is 2.71. The minimum atomic E-state index is -0.297. The quantitative estimate of drug-likeness (QED) is 0.739. The molecule has 0 bridgehead atoms. The molecule has 1 heterocycles. The van der Waals surface area contributed by atoms with Crippen LogP contribution in [0.1, 0.15) is 23.7 Å². The van der Waals surface area contributed by atoms with Gasteiger partial charge in [0.1, 0.15) is 5.69 Å². The summed E-state index contributed by atoms with van der Waals surface area (Å²) in [6, 6.07) is 3.82. The lowest BCUT2D eigenvalue weighted by molar-refractivity contribution is 0.419. The van der Waals surface area contributed by atoms with E-state index in [2.05, 4.69) is 9.97 Å². The van der Waals surface area contributed by atoms with E-state index in [0.29, 0.717) is 5.52 Å². The number of aryl methyl sites for hydroxylation is 2. The number of allylic oxidation sites excluding steroid dienone is 1. The Morgan fingerprint density at radius 3 is 2.65 bits per heavy atom. The van der Waals surface area contributed by atoms with Crippen LogP contribution in [0.25, 0.3) is 17.1 Å². The van der Waals surface area contributed by atoms with E-state index in [0.717, 1.165) is 16.6 Å². The zero-order valence-corrected chi connectivity index (χ0v) is 10.0. The van der Waals surface area contributed by atoms with Crippen LogP contribution in [-0.4, -0.2) is 15.1 Å². The summed E-state index contributed by atoms with van der Waals surface area (Å²) >= 11 is 0. The van der Waals surface area contributed by atoms with E-state index in [1.165, 1.54) is 13.0 Å². The first-order chi connectivity index (χ1) is 7.97. The first-order valence-electron chi connectivity index (χ1n) is 5.36. The predicted octanol–water partition coefficient (Wildman–Crippen LogP) is 2.46. The van der Waals surface area contributed by atoms with Crippen molar-refractivity contribution in [2.45, 2.75) is 20.8 Å². The van der Waals surface area contributed by atoms with E-state index in [4.69, 9.17) is 5.11 Å². The summed E-state index contributed by atoms with van der Waals surface area (Å²) in [6.45, 7) is 5.48. The lowest BCUT2D eigenvalue weighted by atomic mass is 10.1. The molecule has 0 spiro atoms. The van der Waals surface area contributed by atoms with Gasteiger partial charge < -0.3 is 10.1 Å². The van der Waals surface area contributed by atoms with Crippen LogP contribution >= 0.6 is 0 Å². The summed E-state index contributed by atoms with van der Waals surface area (Å²) < 4.78 is 0. The zero-order chi connectivity index (χ0) is 12.6. The van der Waals surface area contributed by atoms with E-state index >= 15 is 0 Å². The molecule has 1 aromatic heterocycles. The monoisotopic (exact) mass is 230 g/mol. The Hall–Kier alpha value is -2.10. The largest absolute Gasteiger partial charge is 0.513 e. The molecule has 0 aliphatic heterocycles. The summed E-state index contributed by atoms with van der Waals surface area (Å²) in [4.78, 5) is 18.7. The Balaban J connectivity index is 2.76. The minimum Gasteiger partial charge on any atom is -0.513 e. The molecular weight excluding hydrogens is 216 g/mol. The smallest absolute Gasteiger partial charge is 0.274 e. The molecule has 0 aliphatic carbocycles. The topological polar surface area (TPSA) is 66.0 Å². The highest BCUT2D eigenvalue weighted by Crippen LogP contribution is 2.15. The molecule has 2 N–H and O–H groups in total. The molecule has 0 atom stereocenters. The molecule has 4 heteroatoms. The average molecular weight is 230 g/mol. The van der Waals surface area contributed by atoms with Crippen molar-refractivity contribution >= 4 is 17.1 Å². The van der Waals surface area contributed by atoms with Crippen molar-refractivity contribution < 1.29 is 5.11 Å². The van der Waals surface area contributed by atoms with E-state index in [1.54, 1.807) is 0 Å². The summed E-state index contributed by atoms with van der Waals surface area (Å²) in [5.41, 5.74) is 3.59. The maximum absolute atomic E-state index is 11.7. The highest BCUT2D eigenvalue weighted by atomic mass is 16.3. The molecule has 2 aromatic rings. The van der Waals surface area contributed by atoms with Crippen LogP contribution in [0, 0.1) is 13.8 Å². The van der Waals surface area contributed by atoms with Crippen molar-refractivity contribution in [3.05, 3.63) is 45.1 Å². The number of nitrogens with zero attached hydrogens (tertiary/aromatic N) is 1. The van der Waals surface area contributed by atoms with E-state index in [-0.39, 0.29) is 17.0 Å². The molecule has 2 rings (SSSR count). The summed E-state index contributed by atoms with van der Waals surface area (Å²) in [7, 11) is 0. The van der Waals surface area contributed by atoms with Gasteiger partial charge in [-0.1, -0.05) is 0 Å². The standard InChI is InChI=1S/C13H14N2O2/c1-7-4-10-11(5-8(7)2)15-13(17)12(14-10)6-9(3)16/h4-6,16H,1-3H3,(H,15,17)/b9-6-. The molecule has 0 unspecified atom stereocenters. The number of aromatic amines is 1. The number of aromatic nitrogens is 2. The van der Waals surface area contributed by atoms with Crippen molar-refractivity contribution in [3.63, 3.8) is 0 Å². The zero-order valence-electron chi connectivity index (χ0n) is 10.0. The third kappa shape index (κ3) is 2.20. The SMILES string of the molecule is C/C(O)=C/c1nc2cc(C)c(C)cc2[nH]c1=O. The number of aliphatic hydroxyl groups is 1. The van der Waals surface area contributed by atoms with Crippen LogP contribution in [0.15, 0.2) is 22.7 Å². The lowest BCUT2D eigenvalue weighted by Crippen LogP contribution is -2.12. The van der Waals surface area contributed by atoms with Crippen LogP contribution in [0.4, 0.5) is 0 Å². The number of rotatable bonds is 1. The normalized spacial score (nSPS) is 12.1. The van der Waals surface area contributed by atoms with Crippen LogP contribution < -0.4 is 5.56 Å².